The van der Waals surface area contributed by atoms with Crippen LogP contribution in [0.1, 0.15) is 50.2 Å². The Balaban J connectivity index is 1.86. The second kappa shape index (κ2) is 10.8. The van der Waals surface area contributed by atoms with E-state index in [4.69, 9.17) is 9.47 Å². The van der Waals surface area contributed by atoms with Crippen molar-refractivity contribution in [1.82, 2.24) is 4.90 Å². The van der Waals surface area contributed by atoms with Gasteiger partial charge in [0, 0.05) is 25.6 Å². The SMILES string of the molecule is CCCCOc1ccc(C(O)(CC)C(CN2CCOCC2)c2ccccc2)cc1. The minimum absolute atomic E-state index is 0.0151. The molecule has 4 nitrogen and oxygen atoms in total. The molecule has 1 N–H and O–H groups in total. The van der Waals surface area contributed by atoms with E-state index in [0.29, 0.717) is 6.42 Å². The van der Waals surface area contributed by atoms with Crippen LogP contribution >= 0.6 is 0 Å². The monoisotopic (exact) mass is 397 g/mol. The maximum Gasteiger partial charge on any atom is 0.119 e. The first-order valence-corrected chi connectivity index (χ1v) is 11.0. The normalized spacial score (nSPS) is 18.2. The summed E-state index contributed by atoms with van der Waals surface area (Å²) in [7, 11) is 0. The average Bonchev–Trinajstić information content (AvgIpc) is 2.79. The molecule has 0 amide bonds. The summed E-state index contributed by atoms with van der Waals surface area (Å²) in [5, 5.41) is 11.9. The lowest BCUT2D eigenvalue weighted by Gasteiger charge is -2.40. The van der Waals surface area contributed by atoms with Gasteiger partial charge in [0.05, 0.1) is 25.4 Å². The summed E-state index contributed by atoms with van der Waals surface area (Å²) in [5.41, 5.74) is 1.18. The third-order valence-corrected chi connectivity index (χ3v) is 5.98. The number of ether oxygens (including phenoxy) is 2. The predicted molar refractivity (Wildman–Crippen MR) is 117 cm³/mol. The maximum atomic E-state index is 11.9. The smallest absolute Gasteiger partial charge is 0.119 e. The summed E-state index contributed by atoms with van der Waals surface area (Å²) in [4.78, 5) is 2.41. The molecule has 2 aromatic rings. The fourth-order valence-electron chi connectivity index (χ4n) is 4.09. The van der Waals surface area contributed by atoms with Crippen LogP contribution in [-0.2, 0) is 10.3 Å². The van der Waals surface area contributed by atoms with Gasteiger partial charge in [-0.3, -0.25) is 4.90 Å². The van der Waals surface area contributed by atoms with Crippen LogP contribution < -0.4 is 4.74 Å². The lowest BCUT2D eigenvalue weighted by molar-refractivity contribution is -0.0250. The van der Waals surface area contributed by atoms with Gasteiger partial charge in [0.2, 0.25) is 0 Å². The van der Waals surface area contributed by atoms with E-state index in [0.717, 1.165) is 63.6 Å². The van der Waals surface area contributed by atoms with Gasteiger partial charge < -0.3 is 14.6 Å². The molecule has 0 aliphatic carbocycles. The maximum absolute atomic E-state index is 11.9. The van der Waals surface area contributed by atoms with Crippen molar-refractivity contribution in [3.63, 3.8) is 0 Å². The molecule has 1 aliphatic rings. The summed E-state index contributed by atoms with van der Waals surface area (Å²) in [5.74, 6) is 0.851. The molecule has 2 aromatic carbocycles. The van der Waals surface area contributed by atoms with Crippen molar-refractivity contribution in [1.29, 1.82) is 0 Å². The highest BCUT2D eigenvalue weighted by Crippen LogP contribution is 2.41. The Labute approximate surface area is 175 Å². The second-order valence-electron chi connectivity index (χ2n) is 7.88. The molecule has 158 valence electrons. The molecule has 0 radical (unpaired) electrons. The molecular formula is C25H35NO3. The third-order valence-electron chi connectivity index (χ3n) is 5.98. The van der Waals surface area contributed by atoms with Crippen molar-refractivity contribution in [3.8, 4) is 5.75 Å². The molecule has 0 aromatic heterocycles. The number of hydrogen-bond donors (Lipinski definition) is 1. The molecule has 4 heteroatoms. The minimum Gasteiger partial charge on any atom is -0.494 e. The van der Waals surface area contributed by atoms with Gasteiger partial charge in [0.15, 0.2) is 0 Å². The fraction of sp³-hybridized carbons (Fsp3) is 0.520. The molecule has 29 heavy (non-hydrogen) atoms. The van der Waals surface area contributed by atoms with Gasteiger partial charge in [0.1, 0.15) is 5.75 Å². The number of hydrogen-bond acceptors (Lipinski definition) is 4. The van der Waals surface area contributed by atoms with E-state index in [1.54, 1.807) is 0 Å². The van der Waals surface area contributed by atoms with Gasteiger partial charge in [-0.05, 0) is 36.1 Å². The molecule has 3 rings (SSSR count). The molecule has 1 saturated heterocycles. The third kappa shape index (κ3) is 5.59. The molecule has 1 aliphatic heterocycles. The quantitative estimate of drug-likeness (QED) is 0.596. The number of morpholine rings is 1. The van der Waals surface area contributed by atoms with Gasteiger partial charge in [-0.1, -0.05) is 62.7 Å². The second-order valence-corrected chi connectivity index (χ2v) is 7.88. The van der Waals surface area contributed by atoms with Gasteiger partial charge >= 0.3 is 0 Å². The Morgan fingerprint density at radius 1 is 1.03 bits per heavy atom. The zero-order valence-corrected chi connectivity index (χ0v) is 17.8. The Kier molecular flexibility index (Phi) is 8.10. The van der Waals surface area contributed by atoms with Crippen molar-refractivity contribution in [2.75, 3.05) is 39.5 Å². The van der Waals surface area contributed by atoms with Crippen molar-refractivity contribution in [3.05, 3.63) is 65.7 Å². The molecule has 1 heterocycles. The Hall–Kier alpha value is -1.88. The van der Waals surface area contributed by atoms with Crippen molar-refractivity contribution < 1.29 is 14.6 Å². The van der Waals surface area contributed by atoms with E-state index in [9.17, 15) is 5.11 Å². The Morgan fingerprint density at radius 3 is 2.34 bits per heavy atom. The highest BCUT2D eigenvalue weighted by molar-refractivity contribution is 5.35. The Morgan fingerprint density at radius 2 is 1.72 bits per heavy atom. The van der Waals surface area contributed by atoms with Crippen LogP contribution in [0.15, 0.2) is 54.6 Å². The summed E-state index contributed by atoms with van der Waals surface area (Å²) >= 11 is 0. The number of nitrogens with zero attached hydrogens (tertiary/aromatic N) is 1. The molecule has 2 atom stereocenters. The number of benzene rings is 2. The van der Waals surface area contributed by atoms with E-state index in [1.807, 2.05) is 30.3 Å². The van der Waals surface area contributed by atoms with Crippen molar-refractivity contribution in [2.45, 2.75) is 44.6 Å². The largest absolute Gasteiger partial charge is 0.494 e. The van der Waals surface area contributed by atoms with Crippen LogP contribution in [0.2, 0.25) is 0 Å². The van der Waals surface area contributed by atoms with E-state index < -0.39 is 5.60 Å². The minimum atomic E-state index is -0.943. The van der Waals surface area contributed by atoms with Crippen molar-refractivity contribution >= 4 is 0 Å². The first-order chi connectivity index (χ1) is 14.2. The Bertz CT molecular complexity index is 713. The van der Waals surface area contributed by atoms with Crippen LogP contribution in [0.25, 0.3) is 0 Å². The summed E-state index contributed by atoms with van der Waals surface area (Å²) in [6.45, 7) is 9.11. The highest BCUT2D eigenvalue weighted by atomic mass is 16.5. The van der Waals surface area contributed by atoms with Gasteiger partial charge in [0.25, 0.3) is 0 Å². The van der Waals surface area contributed by atoms with Crippen LogP contribution in [0, 0.1) is 0 Å². The van der Waals surface area contributed by atoms with E-state index in [2.05, 4.69) is 43.0 Å². The molecule has 0 saturated carbocycles. The van der Waals surface area contributed by atoms with Crippen LogP contribution in [0.4, 0.5) is 0 Å². The standard InChI is InChI=1S/C25H35NO3/c1-3-5-17-29-23-13-11-22(12-14-23)25(27,4-2)24(21-9-7-6-8-10-21)20-26-15-18-28-19-16-26/h6-14,24,27H,3-5,15-20H2,1-2H3. The van der Waals surface area contributed by atoms with Crippen LogP contribution in [0.3, 0.4) is 0 Å². The number of aliphatic hydroxyl groups is 1. The molecule has 1 fully saturated rings. The fourth-order valence-corrected chi connectivity index (χ4v) is 4.09. The summed E-state index contributed by atoms with van der Waals surface area (Å²) in [6, 6.07) is 18.4. The van der Waals surface area contributed by atoms with E-state index >= 15 is 0 Å². The molecule has 0 bridgehead atoms. The lowest BCUT2D eigenvalue weighted by Crippen LogP contribution is -2.44. The number of rotatable bonds is 10. The zero-order valence-electron chi connectivity index (χ0n) is 17.8. The summed E-state index contributed by atoms with van der Waals surface area (Å²) in [6.07, 6.45) is 2.82. The number of unbranched alkanes of at least 4 members (excludes halogenated alkanes) is 1. The highest BCUT2D eigenvalue weighted by Gasteiger charge is 2.39. The van der Waals surface area contributed by atoms with E-state index in [-0.39, 0.29) is 5.92 Å². The molecule has 2 unspecified atom stereocenters. The first-order valence-electron chi connectivity index (χ1n) is 11.0. The van der Waals surface area contributed by atoms with Gasteiger partial charge in [-0.25, -0.2) is 0 Å². The first kappa shape index (κ1) is 21.8. The zero-order chi connectivity index (χ0) is 20.5. The predicted octanol–water partition coefficient (Wildman–Crippen LogP) is 4.58. The van der Waals surface area contributed by atoms with E-state index in [1.165, 1.54) is 5.56 Å². The summed E-state index contributed by atoms with van der Waals surface area (Å²) < 4.78 is 11.3. The molecule has 0 spiro atoms. The van der Waals surface area contributed by atoms with Crippen LogP contribution in [0.5, 0.6) is 5.75 Å². The molecular weight excluding hydrogens is 362 g/mol. The lowest BCUT2D eigenvalue weighted by atomic mass is 9.75. The average molecular weight is 398 g/mol. The topological polar surface area (TPSA) is 41.9 Å². The van der Waals surface area contributed by atoms with Gasteiger partial charge in [-0.15, -0.1) is 0 Å². The van der Waals surface area contributed by atoms with Gasteiger partial charge in [-0.2, -0.15) is 0 Å². The van der Waals surface area contributed by atoms with Crippen molar-refractivity contribution in [2.24, 2.45) is 0 Å². The van der Waals surface area contributed by atoms with Crippen LogP contribution in [-0.4, -0.2) is 49.5 Å².